The lowest BCUT2D eigenvalue weighted by Gasteiger charge is -2.13. The molecule has 0 unspecified atom stereocenters. The molecule has 144 valence electrons. The Balaban J connectivity index is 1.80. The third kappa shape index (κ3) is 4.06. The van der Waals surface area contributed by atoms with E-state index in [-0.39, 0.29) is 5.56 Å². The minimum Gasteiger partial charge on any atom is -0.426 e. The van der Waals surface area contributed by atoms with Crippen LogP contribution in [0.15, 0.2) is 76.5 Å². The van der Waals surface area contributed by atoms with E-state index >= 15 is 0 Å². The number of carbonyl (C=O) groups excluding carboxylic acids is 2. The first-order valence-electron chi connectivity index (χ1n) is 8.57. The number of hydrogen-bond acceptors (Lipinski definition) is 5. The molecule has 0 saturated carbocycles. The zero-order valence-electron chi connectivity index (χ0n) is 14.8. The lowest BCUT2D eigenvalue weighted by atomic mass is 10.0. The summed E-state index contributed by atoms with van der Waals surface area (Å²) >= 11 is 9.83. The number of ether oxygens (including phenoxy) is 1. The zero-order valence-corrected chi connectivity index (χ0v) is 17.1. The van der Waals surface area contributed by atoms with Gasteiger partial charge in [-0.1, -0.05) is 45.7 Å². The summed E-state index contributed by atoms with van der Waals surface area (Å²) in [4.78, 5) is 33.6. The van der Waals surface area contributed by atoms with E-state index in [4.69, 9.17) is 16.3 Å². The number of pyridine rings is 1. The molecule has 3 aromatic rings. The number of hydrogen-bond donors (Lipinski definition) is 1. The van der Waals surface area contributed by atoms with Gasteiger partial charge >= 0.3 is 5.97 Å². The maximum absolute atomic E-state index is 12.7. The molecule has 1 atom stereocenters. The molecule has 4 rings (SSSR count). The van der Waals surface area contributed by atoms with E-state index in [2.05, 4.69) is 31.2 Å². The molecule has 1 aromatic heterocycles. The molecule has 6 nitrogen and oxygen atoms in total. The molecule has 1 amide bonds. The Hall–Kier alpha value is -3.03. The fourth-order valence-corrected chi connectivity index (χ4v) is 3.45. The first kappa shape index (κ1) is 19.3. The quantitative estimate of drug-likeness (QED) is 0.573. The topological polar surface area (TPSA) is 80.6 Å². The average Bonchev–Trinajstić information content (AvgIpc) is 2.86. The van der Waals surface area contributed by atoms with Crippen molar-refractivity contribution in [1.82, 2.24) is 4.98 Å². The van der Waals surface area contributed by atoms with E-state index in [1.54, 1.807) is 42.5 Å². The number of benzodiazepines with no additional fused rings is 1. The Morgan fingerprint density at radius 3 is 2.69 bits per heavy atom. The van der Waals surface area contributed by atoms with Crippen LogP contribution in [-0.2, 0) is 9.53 Å². The number of esters is 1. The van der Waals surface area contributed by atoms with Gasteiger partial charge in [-0.3, -0.25) is 9.78 Å². The lowest BCUT2D eigenvalue weighted by Crippen LogP contribution is -2.30. The molecule has 1 aliphatic rings. The summed E-state index contributed by atoms with van der Waals surface area (Å²) in [6.45, 7) is 0. The van der Waals surface area contributed by atoms with Gasteiger partial charge in [-0.25, -0.2) is 9.79 Å². The third-order valence-corrected chi connectivity index (χ3v) is 5.03. The van der Waals surface area contributed by atoms with Crippen LogP contribution in [-0.4, -0.2) is 28.8 Å². The maximum Gasteiger partial charge on any atom is 0.342 e. The molecule has 0 bridgehead atoms. The SMILES string of the molecule is O=C(O[C@H]1N=C(c2ccccc2Cl)c2cc(Br)ccc2NC1=O)c1cccnc1. The molecule has 2 aromatic carbocycles. The molecular formula is C21H13BrClN3O3. The number of halogens is 2. The highest BCUT2D eigenvalue weighted by Crippen LogP contribution is 2.30. The molecule has 2 heterocycles. The van der Waals surface area contributed by atoms with Crippen LogP contribution in [0.1, 0.15) is 21.5 Å². The van der Waals surface area contributed by atoms with Gasteiger partial charge in [0.1, 0.15) is 0 Å². The molecule has 0 saturated heterocycles. The second kappa shape index (κ2) is 8.14. The van der Waals surface area contributed by atoms with Crippen LogP contribution >= 0.6 is 27.5 Å². The zero-order chi connectivity index (χ0) is 20.4. The fourth-order valence-electron chi connectivity index (χ4n) is 2.86. The van der Waals surface area contributed by atoms with Gasteiger partial charge in [0.2, 0.25) is 0 Å². The van der Waals surface area contributed by atoms with Crippen LogP contribution in [0.3, 0.4) is 0 Å². The molecule has 1 aliphatic heterocycles. The molecule has 0 aliphatic carbocycles. The number of benzene rings is 2. The van der Waals surface area contributed by atoms with E-state index < -0.39 is 18.1 Å². The van der Waals surface area contributed by atoms with Gasteiger partial charge in [0.05, 0.1) is 17.0 Å². The van der Waals surface area contributed by atoms with E-state index in [1.807, 2.05) is 12.1 Å². The molecule has 1 N–H and O–H groups in total. The summed E-state index contributed by atoms with van der Waals surface area (Å²) in [6.07, 6.45) is 1.51. The molecule has 0 radical (unpaired) electrons. The Bertz CT molecular complexity index is 1140. The van der Waals surface area contributed by atoms with Gasteiger partial charge in [0, 0.05) is 33.0 Å². The van der Waals surface area contributed by atoms with Gasteiger partial charge in [-0.15, -0.1) is 0 Å². The summed E-state index contributed by atoms with van der Waals surface area (Å²) in [5.41, 5.74) is 2.47. The predicted octanol–water partition coefficient (Wildman–Crippen LogP) is 4.47. The lowest BCUT2D eigenvalue weighted by molar-refractivity contribution is -0.124. The number of anilines is 1. The molecular weight excluding hydrogens is 458 g/mol. The Morgan fingerprint density at radius 1 is 1.10 bits per heavy atom. The van der Waals surface area contributed by atoms with Crippen LogP contribution in [0.5, 0.6) is 0 Å². The molecule has 0 fully saturated rings. The standard InChI is InChI=1S/C21H13BrClN3O3/c22-13-7-8-17-15(10-13)18(14-5-1-2-6-16(14)23)26-20(19(27)25-17)29-21(28)12-4-3-9-24-11-12/h1-11,20H,(H,25,27)/t20-/m1/s1. The van der Waals surface area contributed by atoms with E-state index in [0.717, 1.165) is 4.47 Å². The van der Waals surface area contributed by atoms with E-state index in [1.165, 1.54) is 12.4 Å². The number of nitrogens with zero attached hydrogens (tertiary/aromatic N) is 2. The smallest absolute Gasteiger partial charge is 0.342 e. The van der Waals surface area contributed by atoms with Crippen molar-refractivity contribution in [2.24, 2.45) is 4.99 Å². The number of fused-ring (bicyclic) bond motifs is 1. The van der Waals surface area contributed by atoms with Gasteiger partial charge in [-0.05, 0) is 36.4 Å². The summed E-state index contributed by atoms with van der Waals surface area (Å²) in [6, 6.07) is 15.7. The highest BCUT2D eigenvalue weighted by Gasteiger charge is 2.30. The van der Waals surface area contributed by atoms with Crippen LogP contribution in [0.4, 0.5) is 5.69 Å². The first-order chi connectivity index (χ1) is 14.0. The van der Waals surface area contributed by atoms with Crippen LogP contribution < -0.4 is 5.32 Å². The second-order valence-corrected chi connectivity index (χ2v) is 7.46. The number of rotatable bonds is 3. The van der Waals surface area contributed by atoms with Crippen molar-refractivity contribution in [3.8, 4) is 0 Å². The Morgan fingerprint density at radius 2 is 1.93 bits per heavy atom. The number of carbonyl (C=O) groups is 2. The molecule has 8 heteroatoms. The monoisotopic (exact) mass is 469 g/mol. The van der Waals surface area contributed by atoms with Gasteiger partial charge in [0.25, 0.3) is 12.1 Å². The minimum absolute atomic E-state index is 0.222. The molecule has 29 heavy (non-hydrogen) atoms. The normalized spacial score (nSPS) is 15.6. The average molecular weight is 471 g/mol. The summed E-state index contributed by atoms with van der Waals surface area (Å²) in [5.74, 6) is -1.26. The van der Waals surface area contributed by atoms with Crippen molar-refractivity contribution < 1.29 is 14.3 Å². The summed E-state index contributed by atoms with van der Waals surface area (Å²) < 4.78 is 6.19. The van der Waals surface area contributed by atoms with Crippen LogP contribution in [0.25, 0.3) is 0 Å². The highest BCUT2D eigenvalue weighted by atomic mass is 79.9. The van der Waals surface area contributed by atoms with E-state index in [9.17, 15) is 9.59 Å². The highest BCUT2D eigenvalue weighted by molar-refractivity contribution is 9.10. The second-order valence-electron chi connectivity index (χ2n) is 6.14. The van der Waals surface area contributed by atoms with Crippen molar-refractivity contribution in [3.63, 3.8) is 0 Å². The van der Waals surface area contributed by atoms with Crippen molar-refractivity contribution in [2.45, 2.75) is 6.23 Å². The third-order valence-electron chi connectivity index (χ3n) is 4.21. The Kier molecular flexibility index (Phi) is 5.42. The van der Waals surface area contributed by atoms with Gasteiger partial charge in [0.15, 0.2) is 0 Å². The van der Waals surface area contributed by atoms with E-state index in [0.29, 0.717) is 27.5 Å². The van der Waals surface area contributed by atoms with Crippen LogP contribution in [0.2, 0.25) is 5.02 Å². The minimum atomic E-state index is -1.39. The first-order valence-corrected chi connectivity index (χ1v) is 9.74. The van der Waals surface area contributed by atoms with Gasteiger partial charge < -0.3 is 10.1 Å². The molecule has 0 spiro atoms. The fraction of sp³-hybridized carbons (Fsp3) is 0.0476. The number of nitrogens with one attached hydrogen (secondary N) is 1. The van der Waals surface area contributed by atoms with Crippen molar-refractivity contribution in [1.29, 1.82) is 0 Å². The van der Waals surface area contributed by atoms with Crippen molar-refractivity contribution in [3.05, 3.63) is 93.2 Å². The number of aliphatic imine (C=N–C) groups is 1. The Labute approximate surface area is 179 Å². The largest absolute Gasteiger partial charge is 0.426 e. The van der Waals surface area contributed by atoms with Crippen molar-refractivity contribution in [2.75, 3.05) is 5.32 Å². The number of amides is 1. The number of aromatic nitrogens is 1. The summed E-state index contributed by atoms with van der Waals surface area (Å²) in [7, 11) is 0. The van der Waals surface area contributed by atoms with Gasteiger partial charge in [-0.2, -0.15) is 0 Å². The maximum atomic E-state index is 12.7. The predicted molar refractivity (Wildman–Crippen MR) is 113 cm³/mol. The van der Waals surface area contributed by atoms with Crippen LogP contribution in [0, 0.1) is 0 Å². The van der Waals surface area contributed by atoms with Crippen molar-refractivity contribution >= 4 is 50.8 Å². The summed E-state index contributed by atoms with van der Waals surface area (Å²) in [5, 5.41) is 3.23.